The van der Waals surface area contributed by atoms with Gasteiger partial charge in [-0.15, -0.1) is 0 Å². The van der Waals surface area contributed by atoms with E-state index in [9.17, 15) is 5.11 Å². The van der Waals surface area contributed by atoms with E-state index in [2.05, 4.69) is 24.1 Å². The van der Waals surface area contributed by atoms with Gasteiger partial charge in [-0.3, -0.25) is 0 Å². The molecule has 1 aromatic carbocycles. The van der Waals surface area contributed by atoms with Crippen molar-refractivity contribution in [3.8, 4) is 11.5 Å². The number of phenols is 1. The number of hydrogen-bond donors (Lipinski definition) is 2. The summed E-state index contributed by atoms with van der Waals surface area (Å²) in [5.41, 5.74) is 2.06. The zero-order chi connectivity index (χ0) is 13.5. The Labute approximate surface area is 114 Å². The van der Waals surface area contributed by atoms with Gasteiger partial charge in [0.25, 0.3) is 0 Å². The van der Waals surface area contributed by atoms with Crippen LogP contribution in [0.4, 0.5) is 5.69 Å². The molecular formula is C15H22N2O2. The number of anilines is 1. The molecule has 0 saturated carbocycles. The van der Waals surface area contributed by atoms with E-state index in [1.165, 1.54) is 0 Å². The number of rotatable bonds is 1. The monoisotopic (exact) mass is 262 g/mol. The summed E-state index contributed by atoms with van der Waals surface area (Å²) in [7, 11) is 0. The van der Waals surface area contributed by atoms with Crippen molar-refractivity contribution in [2.24, 2.45) is 0 Å². The fourth-order valence-corrected chi connectivity index (χ4v) is 2.86. The van der Waals surface area contributed by atoms with Crippen LogP contribution in [0.2, 0.25) is 0 Å². The minimum atomic E-state index is -0.118. The van der Waals surface area contributed by atoms with Gasteiger partial charge in [0.1, 0.15) is 17.1 Å². The number of aryl methyl sites for hydroxylation is 1. The molecule has 2 heterocycles. The molecule has 0 aromatic heterocycles. The first-order chi connectivity index (χ1) is 9.05. The maximum Gasteiger partial charge on any atom is 0.146 e. The van der Waals surface area contributed by atoms with Gasteiger partial charge in [0, 0.05) is 37.8 Å². The summed E-state index contributed by atoms with van der Waals surface area (Å²) in [5.74, 6) is 1.31. The number of phenolic OH excluding ortho intramolecular Hbond substituents is 1. The molecule has 1 fully saturated rings. The number of nitrogens with one attached hydrogen (secondary N) is 1. The predicted molar refractivity (Wildman–Crippen MR) is 76.2 cm³/mol. The maximum atomic E-state index is 9.93. The highest BCUT2D eigenvalue weighted by Gasteiger charge is 2.30. The van der Waals surface area contributed by atoms with Crippen molar-refractivity contribution in [3.63, 3.8) is 0 Å². The molecule has 19 heavy (non-hydrogen) atoms. The number of nitrogens with zero attached hydrogens (tertiary/aromatic N) is 1. The molecule has 2 N–H and O–H groups in total. The van der Waals surface area contributed by atoms with Gasteiger partial charge in [-0.1, -0.05) is 0 Å². The Hall–Kier alpha value is -1.42. The van der Waals surface area contributed by atoms with Crippen LogP contribution in [0.5, 0.6) is 11.5 Å². The molecule has 0 spiro atoms. The lowest BCUT2D eigenvalue weighted by atomic mass is 9.93. The summed E-state index contributed by atoms with van der Waals surface area (Å²) in [6.45, 7) is 8.13. The molecular weight excluding hydrogens is 240 g/mol. The molecule has 0 unspecified atom stereocenters. The first-order valence-corrected chi connectivity index (χ1v) is 7.06. The highest BCUT2D eigenvalue weighted by Crippen LogP contribution is 2.42. The minimum absolute atomic E-state index is 0.118. The van der Waals surface area contributed by atoms with Gasteiger partial charge in [-0.2, -0.15) is 0 Å². The van der Waals surface area contributed by atoms with E-state index >= 15 is 0 Å². The van der Waals surface area contributed by atoms with Crippen molar-refractivity contribution in [2.45, 2.75) is 32.3 Å². The molecule has 0 atom stereocenters. The highest BCUT2D eigenvalue weighted by molar-refractivity contribution is 5.66. The molecule has 2 aliphatic heterocycles. The van der Waals surface area contributed by atoms with Crippen LogP contribution in [-0.4, -0.2) is 36.9 Å². The summed E-state index contributed by atoms with van der Waals surface area (Å²) >= 11 is 0. The Morgan fingerprint density at radius 2 is 2.00 bits per heavy atom. The van der Waals surface area contributed by atoms with Crippen molar-refractivity contribution in [3.05, 3.63) is 17.7 Å². The third-order valence-corrected chi connectivity index (χ3v) is 3.96. The second kappa shape index (κ2) is 4.60. The molecule has 0 aliphatic carbocycles. The molecule has 0 bridgehead atoms. The molecule has 2 aliphatic rings. The van der Waals surface area contributed by atoms with Crippen molar-refractivity contribution in [1.29, 1.82) is 0 Å². The third-order valence-electron chi connectivity index (χ3n) is 3.96. The number of benzene rings is 1. The molecule has 4 heteroatoms. The Morgan fingerprint density at radius 3 is 2.74 bits per heavy atom. The molecule has 0 amide bonds. The zero-order valence-electron chi connectivity index (χ0n) is 11.7. The first-order valence-electron chi connectivity index (χ1n) is 7.06. The smallest absolute Gasteiger partial charge is 0.146 e. The molecule has 3 rings (SSSR count). The van der Waals surface area contributed by atoms with Crippen LogP contribution < -0.4 is 15.0 Å². The number of ether oxygens (including phenoxy) is 1. The number of piperazine rings is 1. The lowest BCUT2D eigenvalue weighted by Crippen LogP contribution is -2.44. The standard InChI is InChI=1S/C15H22N2O2/c1-15(2)4-3-11-9-12(18)10-13(14(11)19-15)17-7-5-16-6-8-17/h9-10,16,18H,3-8H2,1-2H3. The lowest BCUT2D eigenvalue weighted by molar-refractivity contribution is 0.0850. The SMILES string of the molecule is CC1(C)CCc2cc(O)cc(N3CCNCC3)c2O1. The Kier molecular flexibility index (Phi) is 3.05. The van der Waals surface area contributed by atoms with Gasteiger partial charge < -0.3 is 20.1 Å². The van der Waals surface area contributed by atoms with E-state index in [0.717, 1.165) is 56.0 Å². The van der Waals surface area contributed by atoms with E-state index in [1.807, 2.05) is 12.1 Å². The molecule has 4 nitrogen and oxygen atoms in total. The van der Waals surface area contributed by atoms with Crippen LogP contribution in [0.25, 0.3) is 0 Å². The quantitative estimate of drug-likeness (QED) is 0.811. The number of fused-ring (bicyclic) bond motifs is 1. The van der Waals surface area contributed by atoms with Gasteiger partial charge >= 0.3 is 0 Å². The second-order valence-electron chi connectivity index (χ2n) is 6.05. The Morgan fingerprint density at radius 1 is 1.26 bits per heavy atom. The third kappa shape index (κ3) is 2.50. The normalized spacial score (nSPS) is 21.7. The van der Waals surface area contributed by atoms with Gasteiger partial charge in [0.05, 0.1) is 5.69 Å². The van der Waals surface area contributed by atoms with Crippen molar-refractivity contribution >= 4 is 5.69 Å². The topological polar surface area (TPSA) is 44.7 Å². The van der Waals surface area contributed by atoms with Crippen LogP contribution in [0.15, 0.2) is 12.1 Å². The van der Waals surface area contributed by atoms with Gasteiger partial charge in [0.15, 0.2) is 0 Å². The average molecular weight is 262 g/mol. The fourth-order valence-electron chi connectivity index (χ4n) is 2.86. The minimum Gasteiger partial charge on any atom is -0.508 e. The molecule has 0 radical (unpaired) electrons. The summed E-state index contributed by atoms with van der Waals surface area (Å²) < 4.78 is 6.19. The van der Waals surface area contributed by atoms with E-state index in [1.54, 1.807) is 0 Å². The molecule has 1 saturated heterocycles. The van der Waals surface area contributed by atoms with E-state index in [0.29, 0.717) is 5.75 Å². The van der Waals surface area contributed by atoms with Gasteiger partial charge in [-0.25, -0.2) is 0 Å². The summed E-state index contributed by atoms with van der Waals surface area (Å²) in [6, 6.07) is 3.68. The Balaban J connectivity index is 2.00. The highest BCUT2D eigenvalue weighted by atomic mass is 16.5. The second-order valence-corrected chi connectivity index (χ2v) is 6.05. The fraction of sp³-hybridized carbons (Fsp3) is 0.600. The van der Waals surface area contributed by atoms with Crippen molar-refractivity contribution in [2.75, 3.05) is 31.1 Å². The summed E-state index contributed by atoms with van der Waals surface area (Å²) in [6.07, 6.45) is 1.96. The van der Waals surface area contributed by atoms with Crippen LogP contribution in [0, 0.1) is 0 Å². The zero-order valence-corrected chi connectivity index (χ0v) is 11.7. The van der Waals surface area contributed by atoms with Gasteiger partial charge in [-0.05, 0) is 32.8 Å². The molecule has 1 aromatic rings. The predicted octanol–water partition coefficient (Wildman–Crippen LogP) is 1.91. The summed E-state index contributed by atoms with van der Waals surface area (Å²) in [4.78, 5) is 2.30. The molecule has 104 valence electrons. The van der Waals surface area contributed by atoms with Crippen LogP contribution in [0.3, 0.4) is 0 Å². The van der Waals surface area contributed by atoms with Gasteiger partial charge in [0.2, 0.25) is 0 Å². The largest absolute Gasteiger partial charge is 0.508 e. The summed E-state index contributed by atoms with van der Waals surface area (Å²) in [5, 5.41) is 13.3. The Bertz CT molecular complexity index is 479. The van der Waals surface area contributed by atoms with E-state index in [-0.39, 0.29) is 5.60 Å². The number of hydrogen-bond acceptors (Lipinski definition) is 4. The lowest BCUT2D eigenvalue weighted by Gasteiger charge is -2.37. The van der Waals surface area contributed by atoms with Crippen molar-refractivity contribution in [1.82, 2.24) is 5.32 Å². The van der Waals surface area contributed by atoms with Crippen LogP contribution >= 0.6 is 0 Å². The maximum absolute atomic E-state index is 9.93. The first kappa shape index (κ1) is 12.6. The van der Waals surface area contributed by atoms with E-state index in [4.69, 9.17) is 4.74 Å². The van der Waals surface area contributed by atoms with Crippen LogP contribution in [-0.2, 0) is 6.42 Å². The number of aromatic hydroxyl groups is 1. The average Bonchev–Trinajstić information content (AvgIpc) is 2.39. The van der Waals surface area contributed by atoms with E-state index < -0.39 is 0 Å². The van der Waals surface area contributed by atoms with Crippen molar-refractivity contribution < 1.29 is 9.84 Å². The van der Waals surface area contributed by atoms with Crippen LogP contribution in [0.1, 0.15) is 25.8 Å².